The summed E-state index contributed by atoms with van der Waals surface area (Å²) in [6, 6.07) is 15.8. The summed E-state index contributed by atoms with van der Waals surface area (Å²) in [7, 11) is -3.63. The third-order valence-corrected chi connectivity index (χ3v) is 7.70. The fourth-order valence-electron chi connectivity index (χ4n) is 4.08. The van der Waals surface area contributed by atoms with Gasteiger partial charge >= 0.3 is 11.8 Å². The summed E-state index contributed by atoms with van der Waals surface area (Å²) in [6.45, 7) is 0.821. The van der Waals surface area contributed by atoms with Crippen LogP contribution in [0.3, 0.4) is 0 Å². The monoisotopic (exact) mass is 454 g/mol. The van der Waals surface area contributed by atoms with E-state index in [4.69, 9.17) is 0 Å². The fraction of sp³-hybridized carbons (Fsp3) is 0.304. The Labute approximate surface area is 187 Å². The Morgan fingerprint density at radius 2 is 1.72 bits per heavy atom. The van der Waals surface area contributed by atoms with Crippen molar-refractivity contribution < 1.29 is 18.0 Å². The second kappa shape index (κ2) is 9.54. The molecule has 8 nitrogen and oxygen atoms in total. The van der Waals surface area contributed by atoms with Crippen LogP contribution in [0, 0.1) is 0 Å². The van der Waals surface area contributed by atoms with Crippen LogP contribution in [-0.2, 0) is 26.0 Å². The predicted octanol–water partition coefficient (Wildman–Crippen LogP) is 1.80. The molecule has 0 bridgehead atoms. The lowest BCUT2D eigenvalue weighted by Crippen LogP contribution is -2.47. The number of aromatic nitrogens is 1. The Bertz CT molecular complexity index is 1210. The van der Waals surface area contributed by atoms with Gasteiger partial charge in [-0.3, -0.25) is 9.59 Å². The maximum absolute atomic E-state index is 12.9. The zero-order valence-corrected chi connectivity index (χ0v) is 18.4. The lowest BCUT2D eigenvalue weighted by Gasteiger charge is -2.24. The SMILES string of the molecule is O=C(NCCc1c[nH]c2ccccc12)C(=O)NC[C@H]1CCCN1S(=O)(=O)c1ccccc1. The van der Waals surface area contributed by atoms with Crippen LogP contribution in [0.5, 0.6) is 0 Å². The number of aromatic amines is 1. The molecule has 0 saturated carbocycles. The Morgan fingerprint density at radius 3 is 2.53 bits per heavy atom. The highest BCUT2D eigenvalue weighted by molar-refractivity contribution is 7.89. The van der Waals surface area contributed by atoms with Gasteiger partial charge in [-0.15, -0.1) is 0 Å². The van der Waals surface area contributed by atoms with Crippen LogP contribution in [-0.4, -0.2) is 55.2 Å². The van der Waals surface area contributed by atoms with Crippen LogP contribution >= 0.6 is 0 Å². The molecule has 4 rings (SSSR count). The van der Waals surface area contributed by atoms with Gasteiger partial charge in [-0.05, 0) is 43.0 Å². The molecule has 1 aliphatic heterocycles. The first kappa shape index (κ1) is 22.0. The first-order valence-electron chi connectivity index (χ1n) is 10.6. The maximum atomic E-state index is 12.9. The zero-order chi connectivity index (χ0) is 22.6. The lowest BCUT2D eigenvalue weighted by atomic mass is 10.1. The van der Waals surface area contributed by atoms with Crippen molar-refractivity contribution in [1.82, 2.24) is 19.9 Å². The highest BCUT2D eigenvalue weighted by Crippen LogP contribution is 2.25. The maximum Gasteiger partial charge on any atom is 0.309 e. The minimum absolute atomic E-state index is 0.0980. The summed E-state index contributed by atoms with van der Waals surface area (Å²) in [4.78, 5) is 27.8. The smallest absolute Gasteiger partial charge is 0.309 e. The largest absolute Gasteiger partial charge is 0.361 e. The van der Waals surface area contributed by atoms with Gasteiger partial charge in [0.05, 0.1) is 4.90 Å². The Kier molecular flexibility index (Phi) is 6.57. The number of carbonyl (C=O) groups is 2. The molecule has 1 saturated heterocycles. The average Bonchev–Trinajstić information content (AvgIpc) is 3.45. The molecule has 2 aromatic carbocycles. The van der Waals surface area contributed by atoms with Gasteiger partial charge in [0.25, 0.3) is 0 Å². The Balaban J connectivity index is 1.27. The molecular formula is C23H26N4O4S. The van der Waals surface area contributed by atoms with Crippen molar-refractivity contribution in [2.24, 2.45) is 0 Å². The number of para-hydroxylation sites is 1. The molecule has 3 N–H and O–H groups in total. The second-order valence-corrected chi connectivity index (χ2v) is 9.69. The minimum Gasteiger partial charge on any atom is -0.361 e. The quantitative estimate of drug-likeness (QED) is 0.473. The van der Waals surface area contributed by atoms with Gasteiger partial charge in [0, 0.05) is 42.8 Å². The third kappa shape index (κ3) is 4.68. The molecule has 9 heteroatoms. The molecule has 3 aromatic rings. The van der Waals surface area contributed by atoms with Crippen LogP contribution in [0.4, 0.5) is 0 Å². The number of amides is 2. The minimum atomic E-state index is -3.63. The number of sulfonamides is 1. The summed E-state index contributed by atoms with van der Waals surface area (Å²) in [5, 5.41) is 6.31. The molecule has 1 atom stereocenters. The first-order chi connectivity index (χ1) is 15.5. The van der Waals surface area contributed by atoms with E-state index in [2.05, 4.69) is 15.6 Å². The van der Waals surface area contributed by atoms with Crippen molar-refractivity contribution in [3.05, 3.63) is 66.4 Å². The lowest BCUT2D eigenvalue weighted by molar-refractivity contribution is -0.139. The van der Waals surface area contributed by atoms with E-state index in [9.17, 15) is 18.0 Å². The third-order valence-electron chi connectivity index (χ3n) is 5.73. The van der Waals surface area contributed by atoms with E-state index in [1.54, 1.807) is 30.3 Å². The highest BCUT2D eigenvalue weighted by atomic mass is 32.2. The Hall–Kier alpha value is -3.17. The van der Waals surface area contributed by atoms with E-state index < -0.39 is 21.8 Å². The molecular weight excluding hydrogens is 428 g/mol. The molecule has 168 valence electrons. The number of nitrogens with zero attached hydrogens (tertiary/aromatic N) is 1. The number of nitrogens with one attached hydrogen (secondary N) is 3. The summed E-state index contributed by atoms with van der Waals surface area (Å²) in [5.74, 6) is -1.48. The summed E-state index contributed by atoms with van der Waals surface area (Å²) < 4.78 is 27.2. The van der Waals surface area contributed by atoms with Gasteiger partial charge in [-0.25, -0.2) is 8.42 Å². The zero-order valence-electron chi connectivity index (χ0n) is 17.6. The molecule has 1 aromatic heterocycles. The van der Waals surface area contributed by atoms with Crippen molar-refractivity contribution in [1.29, 1.82) is 0 Å². The van der Waals surface area contributed by atoms with E-state index in [1.807, 2.05) is 30.5 Å². The van der Waals surface area contributed by atoms with Gasteiger partial charge in [0.15, 0.2) is 0 Å². The van der Waals surface area contributed by atoms with Crippen molar-refractivity contribution >= 4 is 32.7 Å². The molecule has 2 amide bonds. The topological polar surface area (TPSA) is 111 Å². The standard InChI is InChI=1S/C23H26N4O4S/c28-22(24-13-12-17-15-25-21-11-5-4-10-20(17)21)23(29)26-16-18-7-6-14-27(18)32(30,31)19-8-2-1-3-9-19/h1-5,8-11,15,18,25H,6-7,12-14,16H2,(H,24,28)(H,26,29)/t18-/m1/s1. The molecule has 0 spiro atoms. The van der Waals surface area contributed by atoms with Crippen LogP contribution in [0.15, 0.2) is 65.7 Å². The fourth-order valence-corrected chi connectivity index (χ4v) is 5.79. The van der Waals surface area contributed by atoms with Gasteiger partial charge in [0.1, 0.15) is 0 Å². The molecule has 0 unspecified atom stereocenters. The van der Waals surface area contributed by atoms with E-state index in [-0.39, 0.29) is 17.5 Å². The molecule has 0 radical (unpaired) electrons. The van der Waals surface area contributed by atoms with E-state index in [0.29, 0.717) is 32.4 Å². The molecule has 2 heterocycles. The van der Waals surface area contributed by atoms with Gasteiger partial charge < -0.3 is 15.6 Å². The average molecular weight is 455 g/mol. The molecule has 1 fully saturated rings. The van der Waals surface area contributed by atoms with Crippen LogP contribution in [0.1, 0.15) is 18.4 Å². The van der Waals surface area contributed by atoms with E-state index >= 15 is 0 Å². The van der Waals surface area contributed by atoms with Crippen LogP contribution < -0.4 is 10.6 Å². The van der Waals surface area contributed by atoms with Crippen molar-refractivity contribution in [3.8, 4) is 0 Å². The number of hydrogen-bond donors (Lipinski definition) is 3. The second-order valence-electron chi connectivity index (χ2n) is 7.80. The molecule has 0 aliphatic carbocycles. The number of rotatable bonds is 7. The normalized spacial score (nSPS) is 16.8. The summed E-state index contributed by atoms with van der Waals surface area (Å²) in [6.07, 6.45) is 3.84. The van der Waals surface area contributed by atoms with Crippen LogP contribution in [0.2, 0.25) is 0 Å². The molecule has 1 aliphatic rings. The number of H-pyrrole nitrogens is 1. The van der Waals surface area contributed by atoms with Gasteiger partial charge in [-0.2, -0.15) is 4.31 Å². The van der Waals surface area contributed by atoms with E-state index in [1.165, 1.54) is 4.31 Å². The van der Waals surface area contributed by atoms with Crippen molar-refractivity contribution in [3.63, 3.8) is 0 Å². The van der Waals surface area contributed by atoms with Crippen LogP contribution in [0.25, 0.3) is 10.9 Å². The summed E-state index contributed by atoms with van der Waals surface area (Å²) >= 11 is 0. The number of fused-ring (bicyclic) bond motifs is 1. The van der Waals surface area contributed by atoms with Crippen molar-refractivity contribution in [2.45, 2.75) is 30.2 Å². The van der Waals surface area contributed by atoms with Crippen molar-refractivity contribution in [2.75, 3.05) is 19.6 Å². The Morgan fingerprint density at radius 1 is 1.00 bits per heavy atom. The number of benzene rings is 2. The predicted molar refractivity (Wildman–Crippen MR) is 121 cm³/mol. The first-order valence-corrected chi connectivity index (χ1v) is 12.1. The van der Waals surface area contributed by atoms with E-state index in [0.717, 1.165) is 16.5 Å². The van der Waals surface area contributed by atoms with Gasteiger partial charge in [-0.1, -0.05) is 36.4 Å². The number of carbonyl (C=O) groups excluding carboxylic acids is 2. The molecule has 32 heavy (non-hydrogen) atoms. The van der Waals surface area contributed by atoms with Gasteiger partial charge in [0.2, 0.25) is 10.0 Å². The highest BCUT2D eigenvalue weighted by Gasteiger charge is 2.35. The number of hydrogen-bond acceptors (Lipinski definition) is 4. The summed E-state index contributed by atoms with van der Waals surface area (Å²) in [5.41, 5.74) is 2.09.